The van der Waals surface area contributed by atoms with Crippen LogP contribution in [0.15, 0.2) is 16.6 Å². The second kappa shape index (κ2) is 7.34. The van der Waals surface area contributed by atoms with Crippen LogP contribution < -0.4 is 5.32 Å². The lowest BCUT2D eigenvalue weighted by molar-refractivity contribution is 0.405. The Morgan fingerprint density at radius 1 is 1.11 bits per heavy atom. The molecule has 0 aliphatic heterocycles. The summed E-state index contributed by atoms with van der Waals surface area (Å²) >= 11 is 3.11. The Balaban J connectivity index is 2.77. The van der Waals surface area contributed by atoms with E-state index in [1.54, 1.807) is 0 Å². The van der Waals surface area contributed by atoms with Crippen LogP contribution in [0.25, 0.3) is 0 Å². The maximum absolute atomic E-state index is 14.0. The van der Waals surface area contributed by atoms with E-state index in [1.165, 1.54) is 12.1 Å². The Morgan fingerprint density at radius 3 is 2.32 bits per heavy atom. The molecular weight excluding hydrogens is 312 g/mol. The molecule has 1 nitrogen and oxygen atoms in total. The zero-order valence-corrected chi connectivity index (χ0v) is 13.5. The SMILES string of the molecule is CC(C)CNCC(C)C(C)c1c(F)ccc(Br)c1F. The molecule has 2 atom stereocenters. The Bertz CT molecular complexity index is 421. The minimum absolute atomic E-state index is 0.164. The lowest BCUT2D eigenvalue weighted by Crippen LogP contribution is -2.28. The Labute approximate surface area is 122 Å². The molecule has 1 N–H and O–H groups in total. The molecule has 1 aromatic rings. The summed E-state index contributed by atoms with van der Waals surface area (Å²) in [7, 11) is 0. The first-order valence-electron chi connectivity index (χ1n) is 6.68. The van der Waals surface area contributed by atoms with Gasteiger partial charge in [0, 0.05) is 5.56 Å². The van der Waals surface area contributed by atoms with Gasteiger partial charge in [-0.15, -0.1) is 0 Å². The summed E-state index contributed by atoms with van der Waals surface area (Å²) in [5, 5.41) is 3.33. The smallest absolute Gasteiger partial charge is 0.143 e. The molecule has 0 bridgehead atoms. The highest BCUT2D eigenvalue weighted by atomic mass is 79.9. The second-order valence-electron chi connectivity index (χ2n) is 5.57. The number of hydrogen-bond donors (Lipinski definition) is 1. The average Bonchev–Trinajstić information content (AvgIpc) is 2.33. The van der Waals surface area contributed by atoms with Gasteiger partial charge in [0.25, 0.3) is 0 Å². The fourth-order valence-corrected chi connectivity index (χ4v) is 2.37. The van der Waals surface area contributed by atoms with Gasteiger partial charge in [-0.05, 0) is 58.9 Å². The lowest BCUT2D eigenvalue weighted by atomic mass is 9.88. The number of benzene rings is 1. The Morgan fingerprint density at radius 2 is 1.74 bits per heavy atom. The van der Waals surface area contributed by atoms with E-state index in [2.05, 4.69) is 35.1 Å². The van der Waals surface area contributed by atoms with Crippen molar-refractivity contribution in [2.75, 3.05) is 13.1 Å². The van der Waals surface area contributed by atoms with Crippen LogP contribution in [0.3, 0.4) is 0 Å². The van der Waals surface area contributed by atoms with Crippen molar-refractivity contribution in [3.8, 4) is 0 Å². The van der Waals surface area contributed by atoms with E-state index in [0.717, 1.165) is 13.1 Å². The van der Waals surface area contributed by atoms with E-state index in [4.69, 9.17) is 0 Å². The molecular formula is C15H22BrF2N. The van der Waals surface area contributed by atoms with Crippen LogP contribution in [-0.4, -0.2) is 13.1 Å². The zero-order chi connectivity index (χ0) is 14.6. The molecule has 0 aromatic heterocycles. The monoisotopic (exact) mass is 333 g/mol. The molecule has 0 amide bonds. The fraction of sp³-hybridized carbons (Fsp3) is 0.600. The van der Waals surface area contributed by atoms with E-state index in [9.17, 15) is 8.78 Å². The third kappa shape index (κ3) is 4.53. The average molecular weight is 334 g/mol. The van der Waals surface area contributed by atoms with Gasteiger partial charge in [-0.1, -0.05) is 27.7 Å². The Kier molecular flexibility index (Phi) is 6.40. The summed E-state index contributed by atoms with van der Waals surface area (Å²) in [5.41, 5.74) is 0.174. The van der Waals surface area contributed by atoms with Gasteiger partial charge in [0.05, 0.1) is 4.47 Å². The molecule has 108 valence electrons. The maximum atomic E-state index is 14.0. The van der Waals surface area contributed by atoms with Crippen molar-refractivity contribution in [1.29, 1.82) is 0 Å². The van der Waals surface area contributed by atoms with Crippen molar-refractivity contribution in [3.63, 3.8) is 0 Å². The van der Waals surface area contributed by atoms with Crippen molar-refractivity contribution >= 4 is 15.9 Å². The maximum Gasteiger partial charge on any atom is 0.143 e. The highest BCUT2D eigenvalue weighted by Crippen LogP contribution is 2.31. The normalized spacial score (nSPS) is 14.7. The van der Waals surface area contributed by atoms with Gasteiger partial charge in [-0.2, -0.15) is 0 Å². The van der Waals surface area contributed by atoms with E-state index < -0.39 is 11.6 Å². The molecule has 0 heterocycles. The Hall–Kier alpha value is -0.480. The molecule has 19 heavy (non-hydrogen) atoms. The number of rotatable bonds is 6. The van der Waals surface area contributed by atoms with E-state index >= 15 is 0 Å². The van der Waals surface area contributed by atoms with Crippen LogP contribution in [0.2, 0.25) is 0 Å². The van der Waals surface area contributed by atoms with E-state index in [-0.39, 0.29) is 17.4 Å². The molecule has 4 heteroatoms. The highest BCUT2D eigenvalue weighted by molar-refractivity contribution is 9.10. The van der Waals surface area contributed by atoms with Crippen LogP contribution in [0.4, 0.5) is 8.78 Å². The summed E-state index contributed by atoms with van der Waals surface area (Å²) < 4.78 is 28.1. The second-order valence-corrected chi connectivity index (χ2v) is 6.43. The van der Waals surface area contributed by atoms with Crippen molar-refractivity contribution in [2.24, 2.45) is 11.8 Å². The van der Waals surface area contributed by atoms with Gasteiger partial charge in [0.15, 0.2) is 0 Å². The molecule has 0 aliphatic carbocycles. The number of nitrogens with one attached hydrogen (secondary N) is 1. The number of hydrogen-bond acceptors (Lipinski definition) is 1. The lowest BCUT2D eigenvalue weighted by Gasteiger charge is -2.22. The topological polar surface area (TPSA) is 12.0 Å². The van der Waals surface area contributed by atoms with Crippen LogP contribution in [-0.2, 0) is 0 Å². The third-order valence-corrected chi connectivity index (χ3v) is 4.02. The van der Waals surface area contributed by atoms with Crippen molar-refractivity contribution in [2.45, 2.75) is 33.6 Å². The van der Waals surface area contributed by atoms with Crippen LogP contribution in [0, 0.1) is 23.5 Å². The number of halogens is 3. The molecule has 0 saturated heterocycles. The standard InChI is InChI=1S/C15H22BrF2N/c1-9(2)7-19-8-10(3)11(4)14-13(17)6-5-12(16)15(14)18/h5-6,9-11,19H,7-8H2,1-4H3. The summed E-state index contributed by atoms with van der Waals surface area (Å²) in [6.07, 6.45) is 0. The highest BCUT2D eigenvalue weighted by Gasteiger charge is 2.23. The minimum Gasteiger partial charge on any atom is -0.316 e. The predicted octanol–water partition coefficient (Wildman–Crippen LogP) is 4.71. The van der Waals surface area contributed by atoms with Crippen LogP contribution in [0.1, 0.15) is 39.2 Å². The molecule has 1 aromatic carbocycles. The van der Waals surface area contributed by atoms with Crippen molar-refractivity contribution < 1.29 is 8.78 Å². The summed E-state index contributed by atoms with van der Waals surface area (Å²) in [4.78, 5) is 0. The quantitative estimate of drug-likeness (QED) is 0.743. The molecule has 0 radical (unpaired) electrons. The summed E-state index contributed by atoms with van der Waals surface area (Å²) in [5.74, 6) is -0.386. The van der Waals surface area contributed by atoms with E-state index in [0.29, 0.717) is 10.4 Å². The van der Waals surface area contributed by atoms with E-state index in [1.807, 2.05) is 13.8 Å². The van der Waals surface area contributed by atoms with Gasteiger partial charge in [0.2, 0.25) is 0 Å². The van der Waals surface area contributed by atoms with Crippen molar-refractivity contribution in [3.05, 3.63) is 33.8 Å². The van der Waals surface area contributed by atoms with Gasteiger partial charge in [-0.25, -0.2) is 8.78 Å². The van der Waals surface area contributed by atoms with Gasteiger partial charge < -0.3 is 5.32 Å². The largest absolute Gasteiger partial charge is 0.316 e. The van der Waals surface area contributed by atoms with Gasteiger partial charge in [0.1, 0.15) is 11.6 Å². The zero-order valence-electron chi connectivity index (χ0n) is 11.9. The van der Waals surface area contributed by atoms with Gasteiger partial charge >= 0.3 is 0 Å². The fourth-order valence-electron chi connectivity index (χ4n) is 2.02. The molecule has 0 spiro atoms. The molecule has 2 unspecified atom stereocenters. The first-order valence-corrected chi connectivity index (χ1v) is 7.48. The van der Waals surface area contributed by atoms with Gasteiger partial charge in [-0.3, -0.25) is 0 Å². The first kappa shape index (κ1) is 16.6. The van der Waals surface area contributed by atoms with Crippen LogP contribution >= 0.6 is 15.9 Å². The van der Waals surface area contributed by atoms with Crippen molar-refractivity contribution in [1.82, 2.24) is 5.32 Å². The molecule has 0 saturated carbocycles. The predicted molar refractivity (Wildman–Crippen MR) is 79.3 cm³/mol. The molecule has 0 fully saturated rings. The minimum atomic E-state index is -0.483. The summed E-state index contributed by atoms with van der Waals surface area (Å²) in [6, 6.07) is 2.72. The first-order chi connectivity index (χ1) is 8.84. The molecule has 1 rings (SSSR count). The third-order valence-electron chi connectivity index (χ3n) is 3.41. The molecule has 0 aliphatic rings. The van der Waals surface area contributed by atoms with Crippen LogP contribution in [0.5, 0.6) is 0 Å². The summed E-state index contributed by atoms with van der Waals surface area (Å²) in [6.45, 7) is 9.82.